The molecule has 1 aliphatic rings. The van der Waals surface area contributed by atoms with E-state index in [4.69, 9.17) is 4.98 Å². The van der Waals surface area contributed by atoms with Gasteiger partial charge in [0.2, 0.25) is 0 Å². The summed E-state index contributed by atoms with van der Waals surface area (Å²) in [7, 11) is 0. The van der Waals surface area contributed by atoms with Gasteiger partial charge in [-0.2, -0.15) is 0 Å². The van der Waals surface area contributed by atoms with Crippen molar-refractivity contribution in [2.45, 2.75) is 31.9 Å². The van der Waals surface area contributed by atoms with Crippen molar-refractivity contribution in [3.05, 3.63) is 72.0 Å². The summed E-state index contributed by atoms with van der Waals surface area (Å²) in [5.74, 6) is 0. The number of rotatable bonds is 3. The van der Waals surface area contributed by atoms with Gasteiger partial charge in [0.15, 0.2) is 0 Å². The molecule has 0 saturated heterocycles. The summed E-state index contributed by atoms with van der Waals surface area (Å²) in [6, 6.07) is 10.1. The van der Waals surface area contributed by atoms with Crippen molar-refractivity contribution in [2.75, 3.05) is 0 Å². The highest BCUT2D eigenvalue weighted by Crippen LogP contribution is 2.26. The highest BCUT2D eigenvalue weighted by Gasteiger charge is 2.26. The molecule has 1 heterocycles. The Hall–Kier alpha value is -2.17. The summed E-state index contributed by atoms with van der Waals surface area (Å²) in [5, 5.41) is 1.05. The molecule has 1 aromatic carbocycles. The first-order chi connectivity index (χ1) is 11.9. The second-order valence-corrected chi connectivity index (χ2v) is 8.86. The molecular formula is C21H22N2OS. The van der Waals surface area contributed by atoms with Crippen LogP contribution in [0.5, 0.6) is 0 Å². The van der Waals surface area contributed by atoms with Crippen molar-refractivity contribution in [1.29, 1.82) is 0 Å². The fourth-order valence-corrected chi connectivity index (χ4v) is 3.03. The fourth-order valence-electron chi connectivity index (χ4n) is 2.50. The van der Waals surface area contributed by atoms with Crippen molar-refractivity contribution in [2.24, 2.45) is 4.40 Å². The number of benzene rings is 1. The van der Waals surface area contributed by atoms with E-state index >= 15 is 0 Å². The van der Waals surface area contributed by atoms with Crippen LogP contribution in [0.25, 0.3) is 16.5 Å². The van der Waals surface area contributed by atoms with Crippen LogP contribution in [0, 0.1) is 0 Å². The lowest BCUT2D eigenvalue weighted by molar-refractivity contribution is 0.562. The Labute approximate surface area is 152 Å². The minimum Gasteiger partial charge on any atom is -0.591 e. The summed E-state index contributed by atoms with van der Waals surface area (Å²) in [6.45, 7) is 5.76. The highest BCUT2D eigenvalue weighted by atomic mass is 32.2. The molecule has 0 radical (unpaired) electrons. The molecule has 0 amide bonds. The third-order valence-corrected chi connectivity index (χ3v) is 5.21. The van der Waals surface area contributed by atoms with Gasteiger partial charge < -0.3 is 4.55 Å². The maximum absolute atomic E-state index is 12.3. The SMILES string of the molecule is CC(C)(C)[S@@+]([O-])/N=C/c1cc2ccccc2nc1C1=CC=CC=CC1. The highest BCUT2D eigenvalue weighted by molar-refractivity contribution is 7.91. The average molecular weight is 350 g/mol. The van der Waals surface area contributed by atoms with Crippen LogP contribution in [0.3, 0.4) is 0 Å². The zero-order chi connectivity index (χ0) is 17.9. The molecule has 0 N–H and O–H groups in total. The molecule has 1 aliphatic carbocycles. The third kappa shape index (κ3) is 4.27. The number of allylic oxidation sites excluding steroid dienone is 6. The lowest BCUT2D eigenvalue weighted by Crippen LogP contribution is -2.25. The largest absolute Gasteiger partial charge is 0.591 e. The Bertz CT molecular complexity index is 888. The Balaban J connectivity index is 2.10. The van der Waals surface area contributed by atoms with Crippen LogP contribution >= 0.6 is 0 Å². The van der Waals surface area contributed by atoms with E-state index in [9.17, 15) is 4.55 Å². The molecule has 0 saturated carbocycles. The van der Waals surface area contributed by atoms with Crippen molar-refractivity contribution >= 4 is 34.1 Å². The second-order valence-electron chi connectivity index (χ2n) is 6.92. The number of pyridine rings is 1. The van der Waals surface area contributed by atoms with E-state index in [1.54, 1.807) is 6.21 Å². The zero-order valence-corrected chi connectivity index (χ0v) is 15.6. The van der Waals surface area contributed by atoms with E-state index < -0.39 is 11.4 Å². The molecule has 0 bridgehead atoms. The van der Waals surface area contributed by atoms with Crippen molar-refractivity contribution in [1.82, 2.24) is 4.98 Å². The number of hydrogen-bond donors (Lipinski definition) is 0. The van der Waals surface area contributed by atoms with Crippen LogP contribution in [0.2, 0.25) is 0 Å². The smallest absolute Gasteiger partial charge is 0.144 e. The van der Waals surface area contributed by atoms with Crippen LogP contribution in [0.1, 0.15) is 38.4 Å². The summed E-state index contributed by atoms with van der Waals surface area (Å²) in [5.41, 5.74) is 3.86. The van der Waals surface area contributed by atoms with Crippen molar-refractivity contribution < 1.29 is 4.55 Å². The summed E-state index contributed by atoms with van der Waals surface area (Å²) < 4.78 is 16.2. The van der Waals surface area contributed by atoms with Crippen molar-refractivity contribution in [3.63, 3.8) is 0 Å². The first kappa shape index (κ1) is 17.6. The monoisotopic (exact) mass is 350 g/mol. The van der Waals surface area contributed by atoms with Gasteiger partial charge in [-0.1, -0.05) is 53.0 Å². The van der Waals surface area contributed by atoms with Gasteiger partial charge in [-0.15, -0.1) is 0 Å². The zero-order valence-electron chi connectivity index (χ0n) is 14.8. The topological polar surface area (TPSA) is 48.3 Å². The predicted octanol–water partition coefficient (Wildman–Crippen LogP) is 5.02. The first-order valence-corrected chi connectivity index (χ1v) is 9.44. The first-order valence-electron chi connectivity index (χ1n) is 8.34. The van der Waals surface area contributed by atoms with Crippen LogP contribution in [0.15, 0.2) is 65.1 Å². The molecule has 3 rings (SSSR count). The summed E-state index contributed by atoms with van der Waals surface area (Å²) in [6.07, 6.45) is 12.8. The predicted molar refractivity (Wildman–Crippen MR) is 108 cm³/mol. The molecular weight excluding hydrogens is 328 g/mol. The molecule has 1 atom stereocenters. The molecule has 4 heteroatoms. The van der Waals surface area contributed by atoms with E-state index in [1.807, 2.05) is 63.3 Å². The van der Waals surface area contributed by atoms with Crippen LogP contribution < -0.4 is 0 Å². The normalized spacial score (nSPS) is 16.2. The van der Waals surface area contributed by atoms with E-state index in [-0.39, 0.29) is 4.75 Å². The molecule has 0 unspecified atom stereocenters. The maximum Gasteiger partial charge on any atom is 0.144 e. The van der Waals surface area contributed by atoms with Gasteiger partial charge in [-0.3, -0.25) is 0 Å². The molecule has 0 aliphatic heterocycles. The Morgan fingerprint density at radius 1 is 1.16 bits per heavy atom. The number of para-hydroxylation sites is 1. The molecule has 0 fully saturated rings. The number of nitrogens with zero attached hydrogens (tertiary/aromatic N) is 2. The molecule has 128 valence electrons. The summed E-state index contributed by atoms with van der Waals surface area (Å²) >= 11 is -1.29. The molecule has 0 spiro atoms. The van der Waals surface area contributed by atoms with E-state index in [0.29, 0.717) is 0 Å². The number of hydrogen-bond acceptors (Lipinski definition) is 3. The van der Waals surface area contributed by atoms with Crippen molar-refractivity contribution in [3.8, 4) is 0 Å². The standard InChI is InChI=1S/C21H22N2OS/c1-21(2,3)25(24)22-15-18-14-17-12-8-9-13-19(17)23-20(18)16-10-6-4-5-7-11-16/h4-10,12-15H,11H2,1-3H3/b22-15+/t25-/m1/s1. The fraction of sp³-hybridized carbons (Fsp3) is 0.238. The lowest BCUT2D eigenvalue weighted by atomic mass is 10.0. The van der Waals surface area contributed by atoms with E-state index in [0.717, 1.165) is 34.2 Å². The number of fused-ring (bicyclic) bond motifs is 1. The molecule has 2 aromatic rings. The second kappa shape index (κ2) is 7.38. The van der Waals surface area contributed by atoms with Crippen LogP contribution in [-0.4, -0.2) is 20.5 Å². The Morgan fingerprint density at radius 2 is 1.96 bits per heavy atom. The minimum atomic E-state index is -1.29. The average Bonchev–Trinajstić information content (AvgIpc) is 2.87. The van der Waals surface area contributed by atoms with Gasteiger partial charge in [0.1, 0.15) is 16.1 Å². The van der Waals surface area contributed by atoms with Gasteiger partial charge in [0.25, 0.3) is 0 Å². The number of aromatic nitrogens is 1. The van der Waals surface area contributed by atoms with Gasteiger partial charge in [-0.25, -0.2) is 4.98 Å². The summed E-state index contributed by atoms with van der Waals surface area (Å²) in [4.78, 5) is 4.85. The van der Waals surface area contributed by atoms with Crippen LogP contribution in [0.4, 0.5) is 0 Å². The third-order valence-electron chi connectivity index (χ3n) is 3.86. The lowest BCUT2D eigenvalue weighted by Gasteiger charge is -2.18. The van der Waals surface area contributed by atoms with E-state index in [2.05, 4.69) is 22.6 Å². The Kier molecular flexibility index (Phi) is 5.21. The Morgan fingerprint density at radius 3 is 2.76 bits per heavy atom. The molecule has 1 aromatic heterocycles. The minimum absolute atomic E-state index is 0.381. The van der Waals surface area contributed by atoms with Gasteiger partial charge in [0, 0.05) is 10.9 Å². The molecule has 3 nitrogen and oxygen atoms in total. The van der Waals surface area contributed by atoms with Crippen LogP contribution in [-0.2, 0) is 11.4 Å². The van der Waals surface area contributed by atoms with E-state index in [1.165, 1.54) is 0 Å². The van der Waals surface area contributed by atoms with Gasteiger partial charge >= 0.3 is 0 Å². The maximum atomic E-state index is 12.3. The quantitative estimate of drug-likeness (QED) is 0.577. The van der Waals surface area contributed by atoms with Gasteiger partial charge in [-0.05, 0) is 44.9 Å². The van der Waals surface area contributed by atoms with Gasteiger partial charge in [0.05, 0.1) is 17.4 Å². The molecule has 25 heavy (non-hydrogen) atoms.